The lowest BCUT2D eigenvalue weighted by molar-refractivity contribution is 0.364. The lowest BCUT2D eigenvalue weighted by atomic mass is 10.1. The number of aromatic nitrogens is 3. The topological polar surface area (TPSA) is 77.8 Å². The van der Waals surface area contributed by atoms with Gasteiger partial charge in [-0.25, -0.2) is 0 Å². The summed E-state index contributed by atoms with van der Waals surface area (Å²) in [6, 6.07) is 10.0. The first-order chi connectivity index (χ1) is 10.3. The molecule has 21 heavy (non-hydrogen) atoms. The van der Waals surface area contributed by atoms with Crippen molar-refractivity contribution in [1.29, 1.82) is 0 Å². The first-order valence-corrected chi connectivity index (χ1v) is 7.23. The molecule has 2 N–H and O–H groups in total. The van der Waals surface area contributed by atoms with Crippen LogP contribution in [0.15, 0.2) is 41.1 Å². The smallest absolute Gasteiger partial charge is 0.228 e. The SMILES string of the molecule is NC(Cc1nc(-c2ccc3ncccc3c2)no1)C1CC1. The lowest BCUT2D eigenvalue weighted by Gasteiger charge is -2.04. The molecule has 5 heteroatoms. The molecule has 4 rings (SSSR count). The molecular weight excluding hydrogens is 264 g/mol. The predicted octanol–water partition coefficient (Wildman–Crippen LogP) is 2.56. The molecule has 0 saturated heterocycles. The number of hydrogen-bond donors (Lipinski definition) is 1. The van der Waals surface area contributed by atoms with E-state index in [9.17, 15) is 0 Å². The van der Waals surface area contributed by atoms with Crippen LogP contribution in [0.2, 0.25) is 0 Å². The third-order valence-corrected chi connectivity index (χ3v) is 3.97. The van der Waals surface area contributed by atoms with E-state index in [-0.39, 0.29) is 6.04 Å². The minimum Gasteiger partial charge on any atom is -0.339 e. The Morgan fingerprint density at radius 1 is 1.29 bits per heavy atom. The molecule has 5 nitrogen and oxygen atoms in total. The zero-order valence-electron chi connectivity index (χ0n) is 11.6. The molecule has 2 heterocycles. The zero-order valence-corrected chi connectivity index (χ0v) is 11.6. The molecule has 3 aromatic rings. The first kappa shape index (κ1) is 12.5. The van der Waals surface area contributed by atoms with Crippen LogP contribution in [0.3, 0.4) is 0 Å². The number of pyridine rings is 1. The van der Waals surface area contributed by atoms with Gasteiger partial charge >= 0.3 is 0 Å². The van der Waals surface area contributed by atoms with Crippen molar-refractivity contribution in [3.63, 3.8) is 0 Å². The van der Waals surface area contributed by atoms with Gasteiger partial charge in [0.1, 0.15) is 0 Å². The zero-order chi connectivity index (χ0) is 14.2. The maximum Gasteiger partial charge on any atom is 0.228 e. The second-order valence-electron chi connectivity index (χ2n) is 5.63. The fourth-order valence-electron chi connectivity index (χ4n) is 2.56. The van der Waals surface area contributed by atoms with Gasteiger partial charge in [-0.1, -0.05) is 11.2 Å². The van der Waals surface area contributed by atoms with Gasteiger partial charge in [-0.3, -0.25) is 4.98 Å². The van der Waals surface area contributed by atoms with E-state index in [1.807, 2.05) is 30.3 Å². The molecule has 0 radical (unpaired) electrons. The van der Waals surface area contributed by atoms with Gasteiger partial charge in [-0.05, 0) is 43.0 Å². The van der Waals surface area contributed by atoms with Gasteiger partial charge in [0.2, 0.25) is 11.7 Å². The van der Waals surface area contributed by atoms with E-state index in [2.05, 4.69) is 15.1 Å². The molecule has 0 bridgehead atoms. The van der Waals surface area contributed by atoms with Gasteiger partial charge in [0, 0.05) is 29.6 Å². The van der Waals surface area contributed by atoms with E-state index in [1.54, 1.807) is 6.20 Å². The summed E-state index contributed by atoms with van der Waals surface area (Å²) in [5.41, 5.74) is 7.99. The van der Waals surface area contributed by atoms with E-state index in [0.29, 0.717) is 24.1 Å². The molecule has 1 atom stereocenters. The van der Waals surface area contributed by atoms with Crippen LogP contribution in [0.25, 0.3) is 22.3 Å². The fourth-order valence-corrected chi connectivity index (χ4v) is 2.56. The Morgan fingerprint density at radius 3 is 3.05 bits per heavy atom. The normalized spacial score (nSPS) is 16.2. The standard InChI is InChI=1S/C16H16N4O/c17-13(10-3-4-10)9-15-19-16(20-21-15)12-5-6-14-11(8-12)2-1-7-18-14/h1-2,5-8,10,13H,3-4,9,17H2. The molecule has 2 aromatic heterocycles. The molecule has 0 aliphatic heterocycles. The van der Waals surface area contributed by atoms with Gasteiger partial charge in [0.15, 0.2) is 0 Å². The highest BCUT2D eigenvalue weighted by Gasteiger charge is 2.29. The second kappa shape index (κ2) is 4.93. The number of fused-ring (bicyclic) bond motifs is 1. The summed E-state index contributed by atoms with van der Waals surface area (Å²) in [6.45, 7) is 0. The highest BCUT2D eigenvalue weighted by molar-refractivity contribution is 5.82. The van der Waals surface area contributed by atoms with E-state index >= 15 is 0 Å². The lowest BCUT2D eigenvalue weighted by Crippen LogP contribution is -2.25. The average molecular weight is 280 g/mol. The van der Waals surface area contributed by atoms with Crippen molar-refractivity contribution in [3.8, 4) is 11.4 Å². The highest BCUT2D eigenvalue weighted by Crippen LogP contribution is 2.33. The Labute approximate surface area is 122 Å². The number of nitrogens with two attached hydrogens (primary N) is 1. The van der Waals surface area contributed by atoms with Gasteiger partial charge in [0.05, 0.1) is 5.52 Å². The summed E-state index contributed by atoms with van der Waals surface area (Å²) in [7, 11) is 0. The van der Waals surface area contributed by atoms with Crippen LogP contribution in [-0.4, -0.2) is 21.2 Å². The molecular formula is C16H16N4O. The van der Waals surface area contributed by atoms with Crippen LogP contribution in [0.5, 0.6) is 0 Å². The number of hydrogen-bond acceptors (Lipinski definition) is 5. The molecule has 1 unspecified atom stereocenters. The number of rotatable bonds is 4. The summed E-state index contributed by atoms with van der Waals surface area (Å²) >= 11 is 0. The summed E-state index contributed by atoms with van der Waals surface area (Å²) < 4.78 is 5.32. The largest absolute Gasteiger partial charge is 0.339 e. The van der Waals surface area contributed by atoms with E-state index < -0.39 is 0 Å². The van der Waals surface area contributed by atoms with Crippen LogP contribution in [0, 0.1) is 5.92 Å². The molecule has 0 amide bonds. The van der Waals surface area contributed by atoms with E-state index in [0.717, 1.165) is 16.5 Å². The Hall–Kier alpha value is -2.27. The molecule has 1 aromatic carbocycles. The summed E-state index contributed by atoms with van der Waals surface area (Å²) in [4.78, 5) is 8.77. The van der Waals surface area contributed by atoms with Crippen molar-refractivity contribution in [2.24, 2.45) is 11.7 Å². The van der Waals surface area contributed by atoms with Crippen molar-refractivity contribution in [2.45, 2.75) is 25.3 Å². The average Bonchev–Trinajstić information content (AvgIpc) is 3.27. The van der Waals surface area contributed by atoms with Gasteiger partial charge in [0.25, 0.3) is 0 Å². The van der Waals surface area contributed by atoms with Crippen molar-refractivity contribution in [3.05, 3.63) is 42.4 Å². The van der Waals surface area contributed by atoms with E-state index in [1.165, 1.54) is 12.8 Å². The third kappa shape index (κ3) is 2.52. The third-order valence-electron chi connectivity index (χ3n) is 3.97. The molecule has 1 aliphatic rings. The van der Waals surface area contributed by atoms with Gasteiger partial charge < -0.3 is 10.3 Å². The van der Waals surface area contributed by atoms with Crippen LogP contribution >= 0.6 is 0 Å². The van der Waals surface area contributed by atoms with Gasteiger partial charge in [-0.15, -0.1) is 0 Å². The van der Waals surface area contributed by atoms with Crippen LogP contribution in [-0.2, 0) is 6.42 Å². The molecule has 0 spiro atoms. The number of nitrogens with zero attached hydrogens (tertiary/aromatic N) is 3. The molecule has 106 valence electrons. The monoisotopic (exact) mass is 280 g/mol. The maximum atomic E-state index is 6.10. The van der Waals surface area contributed by atoms with Gasteiger partial charge in [-0.2, -0.15) is 4.98 Å². The predicted molar refractivity (Wildman–Crippen MR) is 79.4 cm³/mol. The molecule has 1 saturated carbocycles. The quantitative estimate of drug-likeness (QED) is 0.794. The van der Waals surface area contributed by atoms with Crippen molar-refractivity contribution in [2.75, 3.05) is 0 Å². The minimum atomic E-state index is 0.138. The minimum absolute atomic E-state index is 0.138. The number of benzene rings is 1. The van der Waals surface area contributed by atoms with Crippen LogP contribution in [0.4, 0.5) is 0 Å². The Kier molecular flexibility index (Phi) is 2.93. The van der Waals surface area contributed by atoms with Crippen molar-refractivity contribution in [1.82, 2.24) is 15.1 Å². The Balaban J connectivity index is 1.60. The Bertz CT molecular complexity index is 779. The van der Waals surface area contributed by atoms with Crippen molar-refractivity contribution < 1.29 is 4.52 Å². The second-order valence-corrected chi connectivity index (χ2v) is 5.63. The molecule has 1 fully saturated rings. The highest BCUT2D eigenvalue weighted by atomic mass is 16.5. The van der Waals surface area contributed by atoms with E-state index in [4.69, 9.17) is 10.3 Å². The van der Waals surface area contributed by atoms with Crippen LogP contribution < -0.4 is 5.73 Å². The first-order valence-electron chi connectivity index (χ1n) is 7.23. The maximum absolute atomic E-state index is 6.10. The fraction of sp³-hybridized carbons (Fsp3) is 0.312. The van der Waals surface area contributed by atoms with Crippen molar-refractivity contribution >= 4 is 10.9 Å². The molecule has 1 aliphatic carbocycles. The Morgan fingerprint density at radius 2 is 2.19 bits per heavy atom. The van der Waals surface area contributed by atoms with Crippen LogP contribution in [0.1, 0.15) is 18.7 Å². The summed E-state index contributed by atoms with van der Waals surface area (Å²) in [5, 5.41) is 5.13. The summed E-state index contributed by atoms with van der Waals surface area (Å²) in [5.74, 6) is 1.86. The summed E-state index contributed by atoms with van der Waals surface area (Å²) in [6.07, 6.45) is 4.89.